The molecule has 0 aromatic heterocycles. The molecule has 1 amide bonds. The number of hydrogen-bond acceptors (Lipinski definition) is 4. The number of likely N-dealkylation sites (tertiary alicyclic amines) is 1. The first-order valence-corrected chi connectivity index (χ1v) is 10.1. The Morgan fingerprint density at radius 1 is 1.19 bits per heavy atom. The number of rotatable bonds is 12. The van der Waals surface area contributed by atoms with Crippen molar-refractivity contribution in [3.8, 4) is 0 Å². The zero-order chi connectivity index (χ0) is 19.7. The molecule has 5 nitrogen and oxygen atoms in total. The highest BCUT2D eigenvalue weighted by Gasteiger charge is 2.52. The van der Waals surface area contributed by atoms with Crippen LogP contribution in [-0.4, -0.2) is 47.7 Å². The van der Waals surface area contributed by atoms with Crippen LogP contribution < -0.4 is 0 Å². The van der Waals surface area contributed by atoms with Crippen molar-refractivity contribution < 1.29 is 19.4 Å². The average Bonchev–Trinajstić information content (AvgIpc) is 2.70. The van der Waals surface area contributed by atoms with Crippen molar-refractivity contribution in [2.75, 3.05) is 19.8 Å². The molecule has 150 valence electrons. The Balaban J connectivity index is 1.90. The molecule has 27 heavy (non-hydrogen) atoms. The lowest BCUT2D eigenvalue weighted by molar-refractivity contribution is -0.175. The summed E-state index contributed by atoms with van der Waals surface area (Å²) in [6.45, 7) is 4.50. The first-order chi connectivity index (χ1) is 13.0. The van der Waals surface area contributed by atoms with Gasteiger partial charge in [0.25, 0.3) is 0 Å². The smallest absolute Gasteiger partial charge is 0.329 e. The van der Waals surface area contributed by atoms with E-state index in [4.69, 9.17) is 4.74 Å². The van der Waals surface area contributed by atoms with Gasteiger partial charge in [0.15, 0.2) is 0 Å². The highest BCUT2D eigenvalue weighted by atomic mass is 16.5. The van der Waals surface area contributed by atoms with Crippen molar-refractivity contribution in [3.63, 3.8) is 0 Å². The Bertz CT molecular complexity index is 604. The Kier molecular flexibility index (Phi) is 8.29. The number of esters is 1. The summed E-state index contributed by atoms with van der Waals surface area (Å²) in [5.74, 6) is -0.525. The molecule has 1 aromatic rings. The van der Waals surface area contributed by atoms with Gasteiger partial charge >= 0.3 is 5.97 Å². The lowest BCUT2D eigenvalue weighted by Crippen LogP contribution is -2.66. The highest BCUT2D eigenvalue weighted by molar-refractivity contribution is 5.93. The minimum absolute atomic E-state index is 0.178. The summed E-state index contributed by atoms with van der Waals surface area (Å²) >= 11 is 0. The van der Waals surface area contributed by atoms with Gasteiger partial charge in [0.1, 0.15) is 6.04 Å². The molecule has 0 radical (unpaired) electrons. The van der Waals surface area contributed by atoms with Gasteiger partial charge in [-0.3, -0.25) is 4.79 Å². The summed E-state index contributed by atoms with van der Waals surface area (Å²) in [6, 6.07) is 9.03. The summed E-state index contributed by atoms with van der Waals surface area (Å²) in [4.78, 5) is 26.7. The summed E-state index contributed by atoms with van der Waals surface area (Å²) in [5.41, 5.74) is 0.221. The topological polar surface area (TPSA) is 66.8 Å². The maximum atomic E-state index is 12.7. The molecule has 1 aliphatic heterocycles. The SMILES string of the molecule is CCCCCCCCOC(=O)C(Cc1ccccc1)N1CC(C)(CO)C1=O. The molecule has 2 atom stereocenters. The van der Waals surface area contributed by atoms with Crippen molar-refractivity contribution >= 4 is 11.9 Å². The monoisotopic (exact) mass is 375 g/mol. The van der Waals surface area contributed by atoms with Crippen LogP contribution in [-0.2, 0) is 20.7 Å². The number of benzene rings is 1. The summed E-state index contributed by atoms with van der Waals surface area (Å²) < 4.78 is 5.49. The molecule has 1 N–H and O–H groups in total. The predicted octanol–water partition coefficient (Wildman–Crippen LogP) is 3.34. The largest absolute Gasteiger partial charge is 0.464 e. The van der Waals surface area contributed by atoms with Crippen molar-refractivity contribution in [3.05, 3.63) is 35.9 Å². The van der Waals surface area contributed by atoms with E-state index in [0.29, 0.717) is 19.6 Å². The zero-order valence-corrected chi connectivity index (χ0v) is 16.7. The predicted molar refractivity (Wildman–Crippen MR) is 105 cm³/mol. The van der Waals surface area contributed by atoms with Crippen molar-refractivity contribution in [1.82, 2.24) is 4.90 Å². The Labute approximate surface area is 162 Å². The van der Waals surface area contributed by atoms with E-state index in [0.717, 1.165) is 24.8 Å². The van der Waals surface area contributed by atoms with E-state index < -0.39 is 11.5 Å². The fourth-order valence-electron chi connectivity index (χ4n) is 3.45. The Morgan fingerprint density at radius 2 is 1.85 bits per heavy atom. The summed E-state index contributed by atoms with van der Waals surface area (Å²) in [7, 11) is 0. The molecule has 0 spiro atoms. The lowest BCUT2D eigenvalue weighted by atomic mass is 9.80. The summed E-state index contributed by atoms with van der Waals surface area (Å²) in [6.07, 6.45) is 7.20. The average molecular weight is 376 g/mol. The van der Waals surface area contributed by atoms with Crippen LogP contribution in [0, 0.1) is 5.41 Å². The number of hydrogen-bond donors (Lipinski definition) is 1. The fraction of sp³-hybridized carbons (Fsp3) is 0.636. The molecule has 0 aliphatic carbocycles. The van der Waals surface area contributed by atoms with E-state index >= 15 is 0 Å². The van der Waals surface area contributed by atoms with Crippen LogP contribution >= 0.6 is 0 Å². The van der Waals surface area contributed by atoms with E-state index in [1.165, 1.54) is 19.3 Å². The van der Waals surface area contributed by atoms with Crippen LogP contribution in [0.5, 0.6) is 0 Å². The van der Waals surface area contributed by atoms with E-state index in [2.05, 4.69) is 6.92 Å². The Hall–Kier alpha value is -1.88. The van der Waals surface area contributed by atoms with Crippen molar-refractivity contribution in [2.45, 2.75) is 64.8 Å². The first-order valence-electron chi connectivity index (χ1n) is 10.1. The molecule has 5 heteroatoms. The fourth-order valence-corrected chi connectivity index (χ4v) is 3.45. The number of amides is 1. The number of carbonyl (C=O) groups is 2. The number of carbonyl (C=O) groups excluding carboxylic acids is 2. The van der Waals surface area contributed by atoms with Crippen LogP contribution in [0.25, 0.3) is 0 Å². The molecule has 1 saturated heterocycles. The quantitative estimate of drug-likeness (QED) is 0.346. The normalized spacial score (nSPS) is 20.3. The standard InChI is InChI=1S/C22H33NO4/c1-3-4-5-6-7-11-14-27-20(25)19(15-18-12-9-8-10-13-18)23-16-22(2,17-24)21(23)26/h8-10,12-13,19,24H,3-7,11,14-17H2,1-2H3. The third kappa shape index (κ3) is 5.80. The number of nitrogens with zero attached hydrogens (tertiary/aromatic N) is 1. The van der Waals surface area contributed by atoms with E-state index in [-0.39, 0.29) is 18.5 Å². The van der Waals surface area contributed by atoms with Gasteiger partial charge in [-0.05, 0) is 18.9 Å². The number of β-lactam (4-membered cyclic amide) rings is 1. The van der Waals surface area contributed by atoms with Gasteiger partial charge in [-0.1, -0.05) is 69.4 Å². The molecule has 1 aliphatic rings. The van der Waals surface area contributed by atoms with E-state index in [9.17, 15) is 14.7 Å². The van der Waals surface area contributed by atoms with Crippen molar-refractivity contribution in [1.29, 1.82) is 0 Å². The van der Waals surface area contributed by atoms with Gasteiger partial charge in [-0.25, -0.2) is 4.79 Å². The molecule has 1 fully saturated rings. The molecule has 0 bridgehead atoms. The van der Waals surface area contributed by atoms with Gasteiger partial charge in [-0.15, -0.1) is 0 Å². The molecule has 1 heterocycles. The number of unbranched alkanes of at least 4 members (excludes halogenated alkanes) is 5. The highest BCUT2D eigenvalue weighted by Crippen LogP contribution is 2.33. The van der Waals surface area contributed by atoms with Gasteiger partial charge < -0.3 is 14.7 Å². The van der Waals surface area contributed by atoms with E-state index in [1.807, 2.05) is 30.3 Å². The number of aliphatic hydroxyl groups excluding tert-OH is 1. The van der Waals surface area contributed by atoms with Gasteiger partial charge in [-0.2, -0.15) is 0 Å². The third-order valence-electron chi connectivity index (χ3n) is 5.31. The van der Waals surface area contributed by atoms with Gasteiger partial charge in [0.2, 0.25) is 5.91 Å². The molecule has 0 saturated carbocycles. The van der Waals surface area contributed by atoms with Gasteiger partial charge in [0, 0.05) is 13.0 Å². The van der Waals surface area contributed by atoms with Crippen LogP contribution in [0.4, 0.5) is 0 Å². The zero-order valence-electron chi connectivity index (χ0n) is 16.7. The van der Waals surface area contributed by atoms with Crippen molar-refractivity contribution in [2.24, 2.45) is 5.41 Å². The second kappa shape index (κ2) is 10.5. The molecule has 2 rings (SSSR count). The van der Waals surface area contributed by atoms with Crippen LogP contribution in [0.1, 0.15) is 57.9 Å². The second-order valence-corrected chi connectivity index (χ2v) is 7.79. The number of ether oxygens (including phenoxy) is 1. The maximum absolute atomic E-state index is 12.7. The molecule has 1 aromatic carbocycles. The Morgan fingerprint density at radius 3 is 2.48 bits per heavy atom. The molecular formula is C22H33NO4. The second-order valence-electron chi connectivity index (χ2n) is 7.79. The minimum Gasteiger partial charge on any atom is -0.464 e. The van der Waals surface area contributed by atoms with E-state index in [1.54, 1.807) is 11.8 Å². The van der Waals surface area contributed by atoms with Crippen LogP contribution in [0.3, 0.4) is 0 Å². The lowest BCUT2D eigenvalue weighted by Gasteiger charge is -2.48. The summed E-state index contributed by atoms with van der Waals surface area (Å²) in [5, 5.41) is 9.44. The van der Waals surface area contributed by atoms with Gasteiger partial charge in [0.05, 0.1) is 18.6 Å². The van der Waals surface area contributed by atoms with Crippen LogP contribution in [0.2, 0.25) is 0 Å². The number of aliphatic hydroxyl groups is 1. The molecule has 2 unspecified atom stereocenters. The third-order valence-corrected chi connectivity index (χ3v) is 5.31. The first kappa shape index (κ1) is 21.4. The molecular weight excluding hydrogens is 342 g/mol. The maximum Gasteiger partial charge on any atom is 0.329 e. The minimum atomic E-state index is -0.769. The van der Waals surface area contributed by atoms with Crippen LogP contribution in [0.15, 0.2) is 30.3 Å².